The highest BCUT2D eigenvalue weighted by atomic mass is 35.5. The molecule has 0 spiro atoms. The lowest BCUT2D eigenvalue weighted by atomic mass is 10.1. The SMILES string of the molecule is COc1ccc(OCC(=O)OCC(=O)N[C@H](C)c2ccccc2Cl)cc1. The highest BCUT2D eigenvalue weighted by Gasteiger charge is 2.14. The summed E-state index contributed by atoms with van der Waals surface area (Å²) in [6, 6.07) is 13.7. The van der Waals surface area contributed by atoms with Crippen LogP contribution in [-0.4, -0.2) is 32.2 Å². The first kappa shape index (κ1) is 19.6. The first-order chi connectivity index (χ1) is 12.5. The summed E-state index contributed by atoms with van der Waals surface area (Å²) in [6.45, 7) is 1.12. The summed E-state index contributed by atoms with van der Waals surface area (Å²) < 4.78 is 15.2. The largest absolute Gasteiger partial charge is 0.497 e. The molecule has 0 bridgehead atoms. The molecule has 0 saturated heterocycles. The van der Waals surface area contributed by atoms with Crippen LogP contribution in [0.2, 0.25) is 5.02 Å². The minimum atomic E-state index is -0.638. The van der Waals surface area contributed by atoms with Crippen molar-refractivity contribution in [3.8, 4) is 11.5 Å². The molecule has 2 aromatic carbocycles. The zero-order valence-electron chi connectivity index (χ0n) is 14.5. The minimum absolute atomic E-state index is 0.292. The first-order valence-electron chi connectivity index (χ1n) is 7.96. The summed E-state index contributed by atoms with van der Waals surface area (Å²) in [4.78, 5) is 23.6. The monoisotopic (exact) mass is 377 g/mol. The van der Waals surface area contributed by atoms with E-state index in [4.69, 9.17) is 25.8 Å². The van der Waals surface area contributed by atoms with Crippen LogP contribution in [0.3, 0.4) is 0 Å². The molecule has 0 aliphatic heterocycles. The minimum Gasteiger partial charge on any atom is -0.497 e. The van der Waals surface area contributed by atoms with E-state index in [0.717, 1.165) is 5.56 Å². The number of amides is 1. The van der Waals surface area contributed by atoms with Gasteiger partial charge >= 0.3 is 5.97 Å². The third kappa shape index (κ3) is 5.97. The molecule has 1 amide bonds. The topological polar surface area (TPSA) is 73.9 Å². The molecule has 0 heterocycles. The van der Waals surface area contributed by atoms with Crippen LogP contribution in [0.1, 0.15) is 18.5 Å². The fraction of sp³-hybridized carbons (Fsp3) is 0.263. The molecule has 0 saturated carbocycles. The molecule has 0 aliphatic carbocycles. The van der Waals surface area contributed by atoms with Crippen molar-refractivity contribution in [2.75, 3.05) is 20.3 Å². The average Bonchev–Trinajstić information content (AvgIpc) is 2.65. The number of carbonyl (C=O) groups is 2. The Morgan fingerprint density at radius 2 is 1.69 bits per heavy atom. The van der Waals surface area contributed by atoms with Crippen molar-refractivity contribution >= 4 is 23.5 Å². The van der Waals surface area contributed by atoms with E-state index in [1.54, 1.807) is 44.4 Å². The van der Waals surface area contributed by atoms with E-state index in [2.05, 4.69) is 5.32 Å². The van der Waals surface area contributed by atoms with Crippen molar-refractivity contribution in [2.45, 2.75) is 13.0 Å². The van der Waals surface area contributed by atoms with E-state index >= 15 is 0 Å². The van der Waals surface area contributed by atoms with Gasteiger partial charge in [0, 0.05) is 5.02 Å². The predicted molar refractivity (Wildman–Crippen MR) is 97.5 cm³/mol. The second-order valence-electron chi connectivity index (χ2n) is 5.44. The Kier molecular flexibility index (Phi) is 7.29. The Morgan fingerprint density at radius 3 is 2.35 bits per heavy atom. The van der Waals surface area contributed by atoms with Gasteiger partial charge in [0.05, 0.1) is 13.2 Å². The van der Waals surface area contributed by atoms with E-state index in [9.17, 15) is 9.59 Å². The highest BCUT2D eigenvalue weighted by Crippen LogP contribution is 2.22. The molecule has 1 atom stereocenters. The number of methoxy groups -OCH3 is 1. The van der Waals surface area contributed by atoms with Crippen LogP contribution < -0.4 is 14.8 Å². The maximum absolute atomic E-state index is 11.9. The van der Waals surface area contributed by atoms with Crippen molar-refractivity contribution in [3.63, 3.8) is 0 Å². The molecule has 7 heteroatoms. The quantitative estimate of drug-likeness (QED) is 0.715. The van der Waals surface area contributed by atoms with Crippen molar-refractivity contribution in [3.05, 3.63) is 59.1 Å². The van der Waals surface area contributed by atoms with Gasteiger partial charge in [0.15, 0.2) is 13.2 Å². The number of nitrogens with one attached hydrogen (secondary N) is 1. The van der Waals surface area contributed by atoms with Gasteiger partial charge in [0.25, 0.3) is 5.91 Å². The summed E-state index contributed by atoms with van der Waals surface area (Å²) in [5.41, 5.74) is 0.789. The van der Waals surface area contributed by atoms with Crippen LogP contribution in [0, 0.1) is 0 Å². The Labute approximate surface area is 157 Å². The molecule has 1 N–H and O–H groups in total. The molecule has 26 heavy (non-hydrogen) atoms. The molecule has 2 rings (SSSR count). The molecule has 138 valence electrons. The predicted octanol–water partition coefficient (Wildman–Crippen LogP) is 3.15. The van der Waals surface area contributed by atoms with Crippen molar-refractivity contribution in [1.82, 2.24) is 5.32 Å². The summed E-state index contributed by atoms with van der Waals surface area (Å²) in [6.07, 6.45) is 0. The number of benzene rings is 2. The molecular weight excluding hydrogens is 358 g/mol. The van der Waals surface area contributed by atoms with Crippen molar-refractivity contribution in [1.29, 1.82) is 0 Å². The lowest BCUT2D eigenvalue weighted by Crippen LogP contribution is -2.32. The highest BCUT2D eigenvalue weighted by molar-refractivity contribution is 6.31. The second-order valence-corrected chi connectivity index (χ2v) is 5.84. The molecule has 0 unspecified atom stereocenters. The molecule has 0 aromatic heterocycles. The lowest BCUT2D eigenvalue weighted by molar-refractivity contribution is -0.150. The van der Waals surface area contributed by atoms with Gasteiger partial charge in [0.1, 0.15) is 11.5 Å². The molecule has 2 aromatic rings. The standard InChI is InChI=1S/C19H20ClNO5/c1-13(16-5-3-4-6-17(16)20)21-18(22)11-26-19(23)12-25-15-9-7-14(24-2)8-10-15/h3-10,13H,11-12H2,1-2H3,(H,21,22)/t13-/m1/s1. The fourth-order valence-electron chi connectivity index (χ4n) is 2.19. The van der Waals surface area contributed by atoms with Gasteiger partial charge in [-0.25, -0.2) is 4.79 Å². The molecule has 0 radical (unpaired) electrons. The Balaban J connectivity index is 1.72. The smallest absolute Gasteiger partial charge is 0.344 e. The van der Waals surface area contributed by atoms with E-state index in [1.165, 1.54) is 0 Å². The maximum atomic E-state index is 11.9. The number of hydrogen-bond donors (Lipinski definition) is 1. The lowest BCUT2D eigenvalue weighted by Gasteiger charge is -2.15. The van der Waals surface area contributed by atoms with Gasteiger partial charge in [0.2, 0.25) is 0 Å². The number of hydrogen-bond acceptors (Lipinski definition) is 5. The van der Waals surface area contributed by atoms with Crippen molar-refractivity contribution < 1.29 is 23.8 Å². The maximum Gasteiger partial charge on any atom is 0.344 e. The zero-order valence-corrected chi connectivity index (χ0v) is 15.3. The summed E-state index contributed by atoms with van der Waals surface area (Å²) in [7, 11) is 1.56. The molecular formula is C19H20ClNO5. The number of ether oxygens (including phenoxy) is 3. The van der Waals surface area contributed by atoms with E-state index in [1.807, 2.05) is 18.2 Å². The van der Waals surface area contributed by atoms with Crippen LogP contribution in [0.25, 0.3) is 0 Å². The van der Waals surface area contributed by atoms with E-state index < -0.39 is 11.9 Å². The molecule has 6 nitrogen and oxygen atoms in total. The van der Waals surface area contributed by atoms with Crippen LogP contribution in [0.5, 0.6) is 11.5 Å². The Hall–Kier alpha value is -2.73. The number of rotatable bonds is 8. The first-order valence-corrected chi connectivity index (χ1v) is 8.33. The molecule has 0 fully saturated rings. The van der Waals surface area contributed by atoms with Gasteiger partial charge < -0.3 is 19.5 Å². The van der Waals surface area contributed by atoms with Crippen LogP contribution in [-0.2, 0) is 14.3 Å². The van der Waals surface area contributed by atoms with Gasteiger partial charge in [-0.15, -0.1) is 0 Å². The van der Waals surface area contributed by atoms with Gasteiger partial charge in [-0.05, 0) is 42.8 Å². The van der Waals surface area contributed by atoms with E-state index in [0.29, 0.717) is 16.5 Å². The summed E-state index contributed by atoms with van der Waals surface area (Å²) in [5, 5.41) is 3.28. The Bertz CT molecular complexity index is 748. The van der Waals surface area contributed by atoms with Crippen LogP contribution in [0.15, 0.2) is 48.5 Å². The number of carbonyl (C=O) groups excluding carboxylic acids is 2. The number of halogens is 1. The van der Waals surface area contributed by atoms with E-state index in [-0.39, 0.29) is 19.3 Å². The summed E-state index contributed by atoms with van der Waals surface area (Å²) in [5.74, 6) is 0.125. The van der Waals surface area contributed by atoms with Gasteiger partial charge in [-0.1, -0.05) is 29.8 Å². The van der Waals surface area contributed by atoms with Crippen LogP contribution >= 0.6 is 11.6 Å². The van der Waals surface area contributed by atoms with Crippen molar-refractivity contribution in [2.24, 2.45) is 0 Å². The van der Waals surface area contributed by atoms with Gasteiger partial charge in [-0.3, -0.25) is 4.79 Å². The third-order valence-electron chi connectivity index (χ3n) is 3.53. The fourth-order valence-corrected chi connectivity index (χ4v) is 2.49. The summed E-state index contributed by atoms with van der Waals surface area (Å²) >= 11 is 6.09. The zero-order chi connectivity index (χ0) is 18.9. The van der Waals surface area contributed by atoms with Crippen LogP contribution in [0.4, 0.5) is 0 Å². The Morgan fingerprint density at radius 1 is 1.04 bits per heavy atom. The molecule has 0 aliphatic rings. The second kappa shape index (κ2) is 9.68. The normalized spacial score (nSPS) is 11.3. The number of esters is 1. The average molecular weight is 378 g/mol. The third-order valence-corrected chi connectivity index (χ3v) is 3.87. The van der Waals surface area contributed by atoms with Gasteiger partial charge in [-0.2, -0.15) is 0 Å².